The lowest BCUT2D eigenvalue weighted by atomic mass is 10.3. The summed E-state index contributed by atoms with van der Waals surface area (Å²) >= 11 is 22.0. The van der Waals surface area contributed by atoms with E-state index in [4.69, 9.17) is 39.5 Å². The molecule has 4 aromatic rings. The quantitative estimate of drug-likeness (QED) is 0.200. The lowest BCUT2D eigenvalue weighted by Gasteiger charge is -2.11. The van der Waals surface area contributed by atoms with Crippen molar-refractivity contribution in [3.63, 3.8) is 0 Å². The first kappa shape index (κ1) is 21.2. The molecule has 4 rings (SSSR count). The number of aromatic nitrogens is 2. The number of benzene rings is 3. The minimum Gasteiger partial charge on any atom is -0.453 e. The summed E-state index contributed by atoms with van der Waals surface area (Å²) in [5, 5.41) is 18.3. The highest BCUT2D eigenvalue weighted by atomic mass is 35.5. The third kappa shape index (κ3) is 5.30. The van der Waals surface area contributed by atoms with Crippen LogP contribution in [0.1, 0.15) is 0 Å². The minimum absolute atomic E-state index is 0.0233. The van der Waals surface area contributed by atoms with Gasteiger partial charge in [-0.2, -0.15) is 0 Å². The molecule has 11 heteroatoms. The second kappa shape index (κ2) is 9.32. The number of fused-ring (bicyclic) bond motifs is 1. The van der Waals surface area contributed by atoms with Crippen molar-refractivity contribution < 1.29 is 14.3 Å². The van der Waals surface area contributed by atoms with E-state index in [9.17, 15) is 10.1 Å². The Bertz CT molecular complexity index is 1130. The lowest BCUT2D eigenvalue weighted by molar-refractivity contribution is -0.384. The Labute approximate surface area is 184 Å². The molecular formula is C18H10Cl3N3O4S. The van der Waals surface area contributed by atoms with Crippen LogP contribution in [0.25, 0.3) is 11.0 Å². The summed E-state index contributed by atoms with van der Waals surface area (Å²) in [6.07, 6.45) is 0. The van der Waals surface area contributed by atoms with E-state index in [1.54, 1.807) is 18.2 Å². The smallest absolute Gasteiger partial charge is 0.272 e. The van der Waals surface area contributed by atoms with E-state index in [1.165, 1.54) is 0 Å². The van der Waals surface area contributed by atoms with Crippen molar-refractivity contribution in [1.29, 1.82) is 0 Å². The molecule has 0 amide bonds. The zero-order chi connectivity index (χ0) is 21.0. The predicted molar refractivity (Wildman–Crippen MR) is 114 cm³/mol. The van der Waals surface area contributed by atoms with Crippen LogP contribution in [-0.4, -0.2) is 15.2 Å². The van der Waals surface area contributed by atoms with Crippen LogP contribution in [0.5, 0.6) is 11.5 Å². The average Bonchev–Trinajstić information content (AvgIpc) is 3.15. The second-order valence-corrected chi connectivity index (χ2v) is 7.20. The number of rotatable bonds is 3. The molecule has 1 aromatic heterocycles. The largest absolute Gasteiger partial charge is 0.453 e. The first-order valence-electron chi connectivity index (χ1n) is 7.82. The van der Waals surface area contributed by atoms with E-state index in [0.717, 1.165) is 23.2 Å². The van der Waals surface area contributed by atoms with E-state index in [2.05, 4.69) is 27.6 Å². The molecule has 3 aromatic carbocycles. The van der Waals surface area contributed by atoms with E-state index in [-0.39, 0.29) is 21.5 Å². The van der Waals surface area contributed by atoms with Gasteiger partial charge >= 0.3 is 0 Å². The van der Waals surface area contributed by atoms with Crippen LogP contribution < -0.4 is 4.74 Å². The lowest BCUT2D eigenvalue weighted by Crippen LogP contribution is -1.92. The van der Waals surface area contributed by atoms with Crippen molar-refractivity contribution in [2.75, 3.05) is 0 Å². The Morgan fingerprint density at radius 1 is 0.931 bits per heavy atom. The highest BCUT2D eigenvalue weighted by Gasteiger charge is 2.17. The molecule has 0 radical (unpaired) electrons. The maximum atomic E-state index is 10.7. The van der Waals surface area contributed by atoms with E-state index >= 15 is 0 Å². The Morgan fingerprint density at radius 3 is 2.03 bits per heavy atom. The zero-order valence-electron chi connectivity index (χ0n) is 14.3. The van der Waals surface area contributed by atoms with Crippen molar-refractivity contribution in [2.45, 2.75) is 4.90 Å². The number of halogens is 3. The van der Waals surface area contributed by atoms with Crippen LogP contribution in [-0.2, 0) is 0 Å². The molecule has 148 valence electrons. The molecule has 0 saturated carbocycles. The highest BCUT2D eigenvalue weighted by molar-refractivity contribution is 7.80. The predicted octanol–water partition coefficient (Wildman–Crippen LogP) is 6.86. The first-order chi connectivity index (χ1) is 13.8. The monoisotopic (exact) mass is 469 g/mol. The van der Waals surface area contributed by atoms with Gasteiger partial charge in [-0.1, -0.05) is 46.9 Å². The topological polar surface area (TPSA) is 91.3 Å². The Hall–Kier alpha value is -2.52. The Morgan fingerprint density at radius 2 is 1.52 bits per heavy atom. The molecule has 1 heterocycles. The number of non-ortho nitro benzene ring substituents is 1. The molecule has 0 N–H and O–H groups in total. The number of nitro benzene ring substituents is 1. The third-order valence-corrected chi connectivity index (χ3v) is 4.62. The van der Waals surface area contributed by atoms with Gasteiger partial charge in [-0.05, 0) is 40.6 Å². The molecule has 7 nitrogen and oxygen atoms in total. The minimum atomic E-state index is -0.593. The fourth-order valence-corrected chi connectivity index (χ4v) is 3.21. The molecule has 29 heavy (non-hydrogen) atoms. The fourth-order valence-electron chi connectivity index (χ4n) is 2.16. The van der Waals surface area contributed by atoms with Gasteiger partial charge < -0.3 is 4.74 Å². The Kier molecular flexibility index (Phi) is 6.81. The SMILES string of the molecule is O=[N+]([O-])c1cc(Cl)c(Oc2ccc(S)cc2Cl)c(Cl)c1.c1ccc2nonc2c1. The molecule has 0 bridgehead atoms. The summed E-state index contributed by atoms with van der Waals surface area (Å²) in [6.45, 7) is 0. The molecule has 0 atom stereocenters. The number of hydrogen-bond acceptors (Lipinski definition) is 7. The van der Waals surface area contributed by atoms with Crippen molar-refractivity contribution in [1.82, 2.24) is 10.3 Å². The van der Waals surface area contributed by atoms with E-state index < -0.39 is 4.92 Å². The van der Waals surface area contributed by atoms with Gasteiger partial charge in [0, 0.05) is 17.0 Å². The average molecular weight is 471 g/mol. The van der Waals surface area contributed by atoms with Gasteiger partial charge in [0.05, 0.1) is 20.0 Å². The van der Waals surface area contributed by atoms with Crippen LogP contribution in [0.2, 0.25) is 15.1 Å². The molecule has 0 aliphatic rings. The number of hydrogen-bond donors (Lipinski definition) is 1. The summed E-state index contributed by atoms with van der Waals surface area (Å²) in [5.74, 6) is 0.426. The summed E-state index contributed by atoms with van der Waals surface area (Å²) in [6, 6.07) is 14.7. The number of nitrogens with zero attached hydrogens (tertiary/aromatic N) is 3. The summed E-state index contributed by atoms with van der Waals surface area (Å²) in [5.41, 5.74) is 1.39. The van der Waals surface area contributed by atoms with Crippen molar-refractivity contribution in [3.05, 3.63) is 79.8 Å². The number of nitro groups is 1. The molecule has 0 aliphatic carbocycles. The van der Waals surface area contributed by atoms with Gasteiger partial charge in [0.15, 0.2) is 5.75 Å². The summed E-state index contributed by atoms with van der Waals surface area (Å²) < 4.78 is 9.97. The van der Waals surface area contributed by atoms with Crippen molar-refractivity contribution >= 4 is 64.2 Å². The molecule has 0 aliphatic heterocycles. The van der Waals surface area contributed by atoms with Gasteiger partial charge in [0.1, 0.15) is 16.8 Å². The molecule has 0 spiro atoms. The third-order valence-electron chi connectivity index (χ3n) is 3.48. The first-order valence-corrected chi connectivity index (χ1v) is 9.40. The standard InChI is InChI=1S/C12H6Cl3NO3S.C6H4N2O/c13-8-5-7(20)1-2-11(8)19-12-9(14)3-6(16(17)18)4-10(12)15;1-2-4-6-5(3-1)7-9-8-6/h1-5,20H;1-4H. The maximum absolute atomic E-state index is 10.7. The van der Waals surface area contributed by atoms with Gasteiger partial charge in [0.2, 0.25) is 0 Å². The number of ether oxygens (including phenoxy) is 1. The van der Waals surface area contributed by atoms with Crippen LogP contribution >= 0.6 is 47.4 Å². The normalized spacial score (nSPS) is 10.3. The molecule has 0 saturated heterocycles. The van der Waals surface area contributed by atoms with Crippen LogP contribution in [0.4, 0.5) is 5.69 Å². The maximum Gasteiger partial charge on any atom is 0.272 e. The second-order valence-electron chi connectivity index (χ2n) is 5.47. The molecule has 0 fully saturated rings. The van der Waals surface area contributed by atoms with Gasteiger partial charge in [-0.3, -0.25) is 10.1 Å². The summed E-state index contributed by atoms with van der Waals surface area (Å²) in [7, 11) is 0. The van der Waals surface area contributed by atoms with Gasteiger partial charge in [-0.25, -0.2) is 4.63 Å². The van der Waals surface area contributed by atoms with Crippen molar-refractivity contribution in [2.24, 2.45) is 0 Å². The Balaban J connectivity index is 0.000000220. The van der Waals surface area contributed by atoms with Crippen LogP contribution in [0, 0.1) is 10.1 Å². The highest BCUT2D eigenvalue weighted by Crippen LogP contribution is 2.41. The molecule has 0 unspecified atom stereocenters. The van der Waals surface area contributed by atoms with E-state index in [1.807, 2.05) is 24.3 Å². The van der Waals surface area contributed by atoms with Crippen molar-refractivity contribution in [3.8, 4) is 11.5 Å². The number of thiol groups is 1. The zero-order valence-corrected chi connectivity index (χ0v) is 17.4. The van der Waals surface area contributed by atoms with Gasteiger partial charge in [-0.15, -0.1) is 12.6 Å². The molecular weight excluding hydrogens is 461 g/mol. The summed E-state index contributed by atoms with van der Waals surface area (Å²) in [4.78, 5) is 10.8. The van der Waals surface area contributed by atoms with Crippen LogP contribution in [0.15, 0.2) is 64.1 Å². The van der Waals surface area contributed by atoms with Gasteiger partial charge in [0.25, 0.3) is 5.69 Å². The van der Waals surface area contributed by atoms with E-state index in [0.29, 0.717) is 15.7 Å². The fraction of sp³-hybridized carbons (Fsp3) is 0. The van der Waals surface area contributed by atoms with Crippen LogP contribution in [0.3, 0.4) is 0 Å².